The summed E-state index contributed by atoms with van der Waals surface area (Å²) in [6, 6.07) is 12.4. The van der Waals surface area contributed by atoms with Gasteiger partial charge >= 0.3 is 0 Å². The summed E-state index contributed by atoms with van der Waals surface area (Å²) in [5.74, 6) is 0. The molecule has 2 rings (SSSR count). The van der Waals surface area contributed by atoms with E-state index in [1.165, 1.54) is 16.7 Å². The number of carbonyl (C=O) groups excluding carboxylic acids is 1. The lowest BCUT2D eigenvalue weighted by atomic mass is 9.97. The maximum Gasteiger partial charge on any atom is 0.211 e. The smallest absolute Gasteiger partial charge is 0.211 e. The van der Waals surface area contributed by atoms with Crippen LogP contribution in [0.4, 0.5) is 11.4 Å². The van der Waals surface area contributed by atoms with Crippen molar-refractivity contribution in [3.8, 4) is 11.1 Å². The van der Waals surface area contributed by atoms with Gasteiger partial charge in [0, 0.05) is 7.05 Å². The number of anilines is 2. The van der Waals surface area contributed by atoms with Crippen LogP contribution in [-0.4, -0.2) is 13.5 Å². The SMILES string of the molecule is CNc1cc(-c2cc(C)ccc2C)ccc1NC=O. The van der Waals surface area contributed by atoms with Crippen molar-refractivity contribution >= 4 is 17.8 Å². The molecule has 0 aliphatic carbocycles. The molecule has 0 heterocycles. The molecule has 19 heavy (non-hydrogen) atoms. The lowest BCUT2D eigenvalue weighted by molar-refractivity contribution is -0.105. The zero-order valence-electron chi connectivity index (χ0n) is 11.4. The van der Waals surface area contributed by atoms with E-state index < -0.39 is 0 Å². The Morgan fingerprint density at radius 1 is 1.00 bits per heavy atom. The molecule has 2 aromatic carbocycles. The second-order valence-electron chi connectivity index (χ2n) is 4.59. The average Bonchev–Trinajstić information content (AvgIpc) is 2.42. The average molecular weight is 254 g/mol. The third-order valence-electron chi connectivity index (χ3n) is 3.21. The summed E-state index contributed by atoms with van der Waals surface area (Å²) in [7, 11) is 1.85. The predicted octanol–water partition coefficient (Wildman–Crippen LogP) is 3.58. The number of hydrogen-bond donors (Lipinski definition) is 2. The fourth-order valence-electron chi connectivity index (χ4n) is 2.15. The first kappa shape index (κ1) is 13.1. The van der Waals surface area contributed by atoms with Crippen LogP contribution in [0.25, 0.3) is 11.1 Å². The van der Waals surface area contributed by atoms with Crippen LogP contribution in [0.5, 0.6) is 0 Å². The highest BCUT2D eigenvalue weighted by Gasteiger charge is 2.06. The molecular formula is C16H18N2O. The van der Waals surface area contributed by atoms with E-state index in [9.17, 15) is 4.79 Å². The first-order chi connectivity index (χ1) is 9.15. The van der Waals surface area contributed by atoms with Gasteiger partial charge in [-0.15, -0.1) is 0 Å². The number of carbonyl (C=O) groups is 1. The summed E-state index contributed by atoms with van der Waals surface area (Å²) >= 11 is 0. The van der Waals surface area contributed by atoms with E-state index in [-0.39, 0.29) is 0 Å². The van der Waals surface area contributed by atoms with Crippen LogP contribution < -0.4 is 10.6 Å². The van der Waals surface area contributed by atoms with E-state index in [2.05, 4.69) is 42.7 Å². The molecule has 0 radical (unpaired) electrons. The fourth-order valence-corrected chi connectivity index (χ4v) is 2.15. The third kappa shape index (κ3) is 2.76. The second-order valence-corrected chi connectivity index (χ2v) is 4.59. The van der Waals surface area contributed by atoms with E-state index in [1.807, 2.05) is 25.2 Å². The van der Waals surface area contributed by atoms with Crippen LogP contribution in [0, 0.1) is 13.8 Å². The first-order valence-electron chi connectivity index (χ1n) is 6.25. The van der Waals surface area contributed by atoms with Crippen LogP contribution in [0.15, 0.2) is 36.4 Å². The van der Waals surface area contributed by atoms with E-state index in [0.29, 0.717) is 6.41 Å². The van der Waals surface area contributed by atoms with E-state index in [0.717, 1.165) is 16.9 Å². The van der Waals surface area contributed by atoms with Crippen molar-refractivity contribution in [2.24, 2.45) is 0 Å². The summed E-state index contributed by atoms with van der Waals surface area (Å²) in [4.78, 5) is 10.6. The third-order valence-corrected chi connectivity index (χ3v) is 3.21. The lowest BCUT2D eigenvalue weighted by Gasteiger charge is -2.12. The molecule has 0 aliphatic heterocycles. The van der Waals surface area contributed by atoms with E-state index >= 15 is 0 Å². The summed E-state index contributed by atoms with van der Waals surface area (Å²) in [5, 5.41) is 5.79. The maximum absolute atomic E-state index is 10.6. The van der Waals surface area contributed by atoms with Crippen LogP contribution in [0.1, 0.15) is 11.1 Å². The summed E-state index contributed by atoms with van der Waals surface area (Å²) < 4.78 is 0. The second kappa shape index (κ2) is 5.57. The molecule has 1 amide bonds. The molecular weight excluding hydrogens is 236 g/mol. The van der Waals surface area contributed by atoms with Crippen molar-refractivity contribution in [2.45, 2.75) is 13.8 Å². The Morgan fingerprint density at radius 3 is 2.47 bits per heavy atom. The monoisotopic (exact) mass is 254 g/mol. The van der Waals surface area contributed by atoms with E-state index in [1.54, 1.807) is 0 Å². The minimum absolute atomic E-state index is 0.688. The van der Waals surface area contributed by atoms with E-state index in [4.69, 9.17) is 0 Å². The number of nitrogens with one attached hydrogen (secondary N) is 2. The lowest BCUT2D eigenvalue weighted by Crippen LogP contribution is -1.99. The Labute approximate surface area is 113 Å². The molecule has 0 saturated carbocycles. The van der Waals surface area contributed by atoms with Crippen LogP contribution in [0.3, 0.4) is 0 Å². The zero-order valence-corrected chi connectivity index (χ0v) is 11.4. The molecule has 0 aliphatic rings. The van der Waals surface area contributed by atoms with Gasteiger partial charge in [0.05, 0.1) is 11.4 Å². The van der Waals surface area contributed by atoms with Gasteiger partial charge in [0.2, 0.25) is 6.41 Å². The standard InChI is InChI=1S/C16H18N2O/c1-11-4-5-12(2)14(8-11)13-6-7-15(18-10-19)16(9-13)17-3/h4-10,17H,1-3H3,(H,18,19). The Hall–Kier alpha value is -2.29. The van der Waals surface area contributed by atoms with Crippen molar-refractivity contribution in [2.75, 3.05) is 17.7 Å². The van der Waals surface area contributed by atoms with Crippen molar-refractivity contribution in [1.82, 2.24) is 0 Å². The number of aryl methyl sites for hydroxylation is 2. The fraction of sp³-hybridized carbons (Fsp3) is 0.188. The highest BCUT2D eigenvalue weighted by atomic mass is 16.1. The van der Waals surface area contributed by atoms with Gasteiger partial charge in [0.1, 0.15) is 0 Å². The molecule has 98 valence electrons. The minimum atomic E-state index is 0.688. The Balaban J connectivity index is 2.51. The topological polar surface area (TPSA) is 41.1 Å². The highest BCUT2D eigenvalue weighted by Crippen LogP contribution is 2.30. The van der Waals surface area contributed by atoms with Gasteiger partial charge in [-0.05, 0) is 42.7 Å². The molecule has 0 saturated heterocycles. The minimum Gasteiger partial charge on any atom is -0.386 e. The number of hydrogen-bond acceptors (Lipinski definition) is 2. The number of rotatable bonds is 4. The molecule has 2 aromatic rings. The summed E-state index contributed by atoms with van der Waals surface area (Å²) in [5.41, 5.74) is 6.53. The largest absolute Gasteiger partial charge is 0.386 e. The Morgan fingerprint density at radius 2 is 1.79 bits per heavy atom. The van der Waals surface area contributed by atoms with Gasteiger partial charge < -0.3 is 10.6 Å². The molecule has 0 fully saturated rings. The van der Waals surface area contributed by atoms with Gasteiger partial charge in [-0.1, -0.05) is 29.8 Å². The number of amides is 1. The van der Waals surface area contributed by atoms with Crippen molar-refractivity contribution < 1.29 is 4.79 Å². The van der Waals surface area contributed by atoms with Crippen molar-refractivity contribution in [1.29, 1.82) is 0 Å². The molecule has 0 bridgehead atoms. The maximum atomic E-state index is 10.6. The van der Waals surface area contributed by atoms with Crippen LogP contribution in [-0.2, 0) is 4.79 Å². The van der Waals surface area contributed by atoms with Gasteiger partial charge in [0.25, 0.3) is 0 Å². The predicted molar refractivity (Wildman–Crippen MR) is 80.6 cm³/mol. The summed E-state index contributed by atoms with van der Waals surface area (Å²) in [6.45, 7) is 4.19. The van der Waals surface area contributed by atoms with Crippen LogP contribution in [0.2, 0.25) is 0 Å². The Bertz CT molecular complexity index is 606. The normalized spacial score (nSPS) is 10.1. The number of benzene rings is 2. The molecule has 2 N–H and O–H groups in total. The van der Waals surface area contributed by atoms with Gasteiger partial charge in [0.15, 0.2) is 0 Å². The van der Waals surface area contributed by atoms with Gasteiger partial charge in [-0.2, -0.15) is 0 Å². The van der Waals surface area contributed by atoms with Crippen molar-refractivity contribution in [3.63, 3.8) is 0 Å². The molecule has 3 heteroatoms. The molecule has 0 atom stereocenters. The zero-order chi connectivity index (χ0) is 13.8. The van der Waals surface area contributed by atoms with Crippen molar-refractivity contribution in [3.05, 3.63) is 47.5 Å². The highest BCUT2D eigenvalue weighted by molar-refractivity contribution is 5.84. The van der Waals surface area contributed by atoms with Crippen LogP contribution >= 0.6 is 0 Å². The van der Waals surface area contributed by atoms with Gasteiger partial charge in [-0.3, -0.25) is 4.79 Å². The molecule has 0 spiro atoms. The quantitative estimate of drug-likeness (QED) is 0.819. The van der Waals surface area contributed by atoms with Gasteiger partial charge in [-0.25, -0.2) is 0 Å². The molecule has 0 unspecified atom stereocenters. The Kier molecular flexibility index (Phi) is 3.85. The molecule has 3 nitrogen and oxygen atoms in total. The summed E-state index contributed by atoms with van der Waals surface area (Å²) in [6.07, 6.45) is 0.688. The first-order valence-corrected chi connectivity index (χ1v) is 6.25. The molecule has 0 aromatic heterocycles.